The largest absolute Gasteiger partial charge is 0.441 e. The fraction of sp³-hybridized carbons (Fsp3) is 0.667. The number of aryl methyl sites for hydroxylation is 1. The molecule has 0 aliphatic rings. The van der Waals surface area contributed by atoms with Crippen LogP contribution in [0.4, 0.5) is 18.3 Å². The molecule has 1 N–H and O–H groups in total. The number of alkyl halides is 3. The second-order valence-corrected chi connectivity index (χ2v) is 4.69. The van der Waals surface area contributed by atoms with E-state index in [1.165, 1.54) is 11.3 Å². The van der Waals surface area contributed by atoms with Crippen molar-refractivity contribution in [2.45, 2.75) is 12.4 Å². The quantitative estimate of drug-likeness (QED) is 0.824. The third-order valence-electron chi connectivity index (χ3n) is 1.17. The Bertz CT molecular complexity index is 286. The zero-order valence-corrected chi connectivity index (χ0v) is 8.89. The molecular weight excluding hydrogens is 235 g/mol. The van der Waals surface area contributed by atoms with Gasteiger partial charge in [0.2, 0.25) is 5.13 Å². The van der Waals surface area contributed by atoms with E-state index in [1.54, 1.807) is 6.92 Å². The molecule has 0 unspecified atom stereocenters. The van der Waals surface area contributed by atoms with Gasteiger partial charge >= 0.3 is 5.51 Å². The molecule has 0 bridgehead atoms. The standard InChI is InChI=1S/C6H8F3N3S2/c1-4-11-12-5(14-4)10-2-3-13-6(7,8)9/h2-3H2,1H3,(H,10,12). The number of nitrogens with one attached hydrogen (secondary N) is 1. The van der Waals surface area contributed by atoms with Gasteiger partial charge < -0.3 is 5.32 Å². The van der Waals surface area contributed by atoms with Crippen molar-refractivity contribution in [3.05, 3.63) is 5.01 Å². The van der Waals surface area contributed by atoms with Gasteiger partial charge in [-0.05, 0) is 18.7 Å². The Morgan fingerprint density at radius 1 is 1.43 bits per heavy atom. The first-order valence-corrected chi connectivity index (χ1v) is 5.52. The Balaban J connectivity index is 2.16. The van der Waals surface area contributed by atoms with Crippen LogP contribution in [-0.4, -0.2) is 28.0 Å². The van der Waals surface area contributed by atoms with Gasteiger partial charge in [-0.25, -0.2) is 0 Å². The Morgan fingerprint density at radius 3 is 2.64 bits per heavy atom. The zero-order chi connectivity index (χ0) is 10.6. The molecule has 0 aliphatic heterocycles. The Hall–Kier alpha value is -0.500. The molecule has 8 heteroatoms. The molecule has 0 radical (unpaired) electrons. The average molecular weight is 243 g/mol. The first kappa shape index (κ1) is 11.6. The summed E-state index contributed by atoms with van der Waals surface area (Å²) in [6, 6.07) is 0. The van der Waals surface area contributed by atoms with Gasteiger partial charge in [-0.2, -0.15) is 13.2 Å². The summed E-state index contributed by atoms with van der Waals surface area (Å²) in [5.41, 5.74) is -4.15. The number of nitrogens with zero attached hydrogens (tertiary/aromatic N) is 2. The van der Waals surface area contributed by atoms with Crippen LogP contribution in [0.5, 0.6) is 0 Å². The van der Waals surface area contributed by atoms with Crippen LogP contribution in [-0.2, 0) is 0 Å². The normalized spacial score (nSPS) is 11.7. The summed E-state index contributed by atoms with van der Waals surface area (Å²) >= 11 is 1.28. The van der Waals surface area contributed by atoms with Crippen LogP contribution in [0.25, 0.3) is 0 Å². The summed E-state index contributed by atoms with van der Waals surface area (Å²) in [4.78, 5) is 0. The smallest absolute Gasteiger partial charge is 0.359 e. The maximum absolute atomic E-state index is 11.7. The Kier molecular flexibility index (Phi) is 3.99. The summed E-state index contributed by atoms with van der Waals surface area (Å²) in [5.74, 6) is -0.0257. The number of rotatable bonds is 4. The van der Waals surface area contributed by atoms with E-state index in [0.29, 0.717) is 5.13 Å². The molecule has 0 spiro atoms. The lowest BCUT2D eigenvalue weighted by Crippen LogP contribution is -2.09. The molecule has 0 saturated heterocycles. The molecule has 3 nitrogen and oxygen atoms in total. The first-order chi connectivity index (χ1) is 6.47. The Morgan fingerprint density at radius 2 is 2.14 bits per heavy atom. The van der Waals surface area contributed by atoms with Crippen LogP contribution < -0.4 is 5.32 Å². The van der Waals surface area contributed by atoms with E-state index in [-0.39, 0.29) is 24.1 Å². The van der Waals surface area contributed by atoms with Gasteiger partial charge in [-0.3, -0.25) is 0 Å². The SMILES string of the molecule is Cc1nnc(NCCSC(F)(F)F)s1. The van der Waals surface area contributed by atoms with Crippen molar-refractivity contribution >= 4 is 28.2 Å². The van der Waals surface area contributed by atoms with E-state index in [2.05, 4.69) is 15.5 Å². The highest BCUT2D eigenvalue weighted by molar-refractivity contribution is 8.00. The molecule has 14 heavy (non-hydrogen) atoms. The molecule has 1 aromatic rings. The Labute approximate surface area is 87.1 Å². The van der Waals surface area contributed by atoms with Gasteiger partial charge in [0.1, 0.15) is 5.01 Å². The highest BCUT2D eigenvalue weighted by Crippen LogP contribution is 2.29. The first-order valence-electron chi connectivity index (χ1n) is 3.72. The van der Waals surface area contributed by atoms with E-state index in [9.17, 15) is 13.2 Å². The molecule has 0 aliphatic carbocycles. The average Bonchev–Trinajstić information content (AvgIpc) is 2.44. The topological polar surface area (TPSA) is 37.8 Å². The third-order valence-corrected chi connectivity index (χ3v) is 2.70. The summed E-state index contributed by atoms with van der Waals surface area (Å²) in [5, 5.41) is 11.5. The zero-order valence-electron chi connectivity index (χ0n) is 7.26. The minimum Gasteiger partial charge on any atom is -0.359 e. The van der Waals surface area contributed by atoms with Crippen LogP contribution in [0, 0.1) is 6.92 Å². The summed E-state index contributed by atoms with van der Waals surface area (Å²) in [7, 11) is 0. The lowest BCUT2D eigenvalue weighted by Gasteiger charge is -2.04. The third kappa shape index (κ3) is 4.66. The lowest BCUT2D eigenvalue weighted by atomic mass is 10.7. The molecule has 80 valence electrons. The highest BCUT2D eigenvalue weighted by Gasteiger charge is 2.27. The predicted molar refractivity (Wildman–Crippen MR) is 51.6 cm³/mol. The minimum atomic E-state index is -4.15. The van der Waals surface area contributed by atoms with Crippen molar-refractivity contribution in [3.8, 4) is 0 Å². The van der Waals surface area contributed by atoms with E-state index >= 15 is 0 Å². The highest BCUT2D eigenvalue weighted by atomic mass is 32.2. The van der Waals surface area contributed by atoms with E-state index in [1.807, 2.05) is 0 Å². The van der Waals surface area contributed by atoms with E-state index in [4.69, 9.17) is 0 Å². The van der Waals surface area contributed by atoms with Gasteiger partial charge in [-0.1, -0.05) is 11.3 Å². The van der Waals surface area contributed by atoms with E-state index < -0.39 is 5.51 Å². The molecule has 0 atom stereocenters. The van der Waals surface area contributed by atoms with Crippen molar-refractivity contribution < 1.29 is 13.2 Å². The minimum absolute atomic E-state index is 0.0257. The maximum Gasteiger partial charge on any atom is 0.441 e. The van der Waals surface area contributed by atoms with Gasteiger partial charge in [0.25, 0.3) is 0 Å². The van der Waals surface area contributed by atoms with E-state index in [0.717, 1.165) is 5.01 Å². The van der Waals surface area contributed by atoms with Gasteiger partial charge in [0.05, 0.1) is 0 Å². The molecule has 0 aromatic carbocycles. The van der Waals surface area contributed by atoms with Crippen LogP contribution in [0.15, 0.2) is 0 Å². The number of aromatic nitrogens is 2. The second-order valence-electron chi connectivity index (χ2n) is 2.35. The molecule has 1 heterocycles. The van der Waals surface area contributed by atoms with Crippen molar-refractivity contribution in [1.82, 2.24) is 10.2 Å². The second kappa shape index (κ2) is 4.83. The van der Waals surface area contributed by atoms with Crippen molar-refractivity contribution in [3.63, 3.8) is 0 Å². The van der Waals surface area contributed by atoms with Crippen LogP contribution in [0.1, 0.15) is 5.01 Å². The molecule has 0 fully saturated rings. The molecule has 0 saturated carbocycles. The van der Waals surface area contributed by atoms with Crippen LogP contribution in [0.3, 0.4) is 0 Å². The number of halogens is 3. The van der Waals surface area contributed by atoms with Crippen LogP contribution >= 0.6 is 23.1 Å². The van der Waals surface area contributed by atoms with Crippen molar-refractivity contribution in [2.24, 2.45) is 0 Å². The van der Waals surface area contributed by atoms with Crippen LogP contribution in [0.2, 0.25) is 0 Å². The summed E-state index contributed by atoms with van der Waals surface area (Å²) in [6.45, 7) is 2.02. The van der Waals surface area contributed by atoms with Gasteiger partial charge in [-0.15, -0.1) is 10.2 Å². The number of anilines is 1. The molecule has 0 amide bonds. The van der Waals surface area contributed by atoms with Gasteiger partial charge in [0, 0.05) is 12.3 Å². The fourth-order valence-electron chi connectivity index (χ4n) is 0.693. The summed E-state index contributed by atoms with van der Waals surface area (Å²) < 4.78 is 35.1. The predicted octanol–water partition coefficient (Wildman–Crippen LogP) is 2.51. The number of hydrogen-bond donors (Lipinski definition) is 1. The number of hydrogen-bond acceptors (Lipinski definition) is 5. The van der Waals surface area contributed by atoms with Crippen molar-refractivity contribution in [2.75, 3.05) is 17.6 Å². The fourth-order valence-corrected chi connectivity index (χ4v) is 1.75. The molecule has 1 aromatic heterocycles. The maximum atomic E-state index is 11.7. The monoisotopic (exact) mass is 243 g/mol. The molecular formula is C6H8F3N3S2. The summed E-state index contributed by atoms with van der Waals surface area (Å²) in [6.07, 6.45) is 0. The lowest BCUT2D eigenvalue weighted by molar-refractivity contribution is -0.0327. The number of thioether (sulfide) groups is 1. The molecule has 1 rings (SSSR count). The van der Waals surface area contributed by atoms with Gasteiger partial charge in [0.15, 0.2) is 0 Å². The van der Waals surface area contributed by atoms with Crippen molar-refractivity contribution in [1.29, 1.82) is 0 Å².